The molecule has 0 aliphatic carbocycles. The molecule has 4 nitrogen and oxygen atoms in total. The molecular weight excluding hydrogens is 320 g/mol. The summed E-state index contributed by atoms with van der Waals surface area (Å²) in [6.07, 6.45) is 1.68. The van der Waals surface area contributed by atoms with Crippen LogP contribution in [0.25, 0.3) is 11.4 Å². The summed E-state index contributed by atoms with van der Waals surface area (Å²) in [5.74, 6) is 1.06. The van der Waals surface area contributed by atoms with Crippen LogP contribution in [0.3, 0.4) is 0 Å². The van der Waals surface area contributed by atoms with E-state index in [9.17, 15) is 5.11 Å². The van der Waals surface area contributed by atoms with Crippen molar-refractivity contribution in [3.63, 3.8) is 0 Å². The summed E-state index contributed by atoms with van der Waals surface area (Å²) in [5.41, 5.74) is 3.21. The van der Waals surface area contributed by atoms with Crippen LogP contribution in [0.2, 0.25) is 0 Å². The predicted octanol–water partition coefficient (Wildman–Crippen LogP) is 3.82. The molecule has 1 aromatic carbocycles. The summed E-state index contributed by atoms with van der Waals surface area (Å²) < 4.78 is 6.31. The number of hydrogen-bond donors (Lipinski definition) is 1. The average molecular weight is 339 g/mol. The molecule has 108 valence electrons. The van der Waals surface area contributed by atoms with Crippen molar-refractivity contribution in [2.75, 3.05) is 0 Å². The van der Waals surface area contributed by atoms with Crippen molar-refractivity contribution in [2.45, 2.75) is 46.1 Å². The van der Waals surface area contributed by atoms with E-state index in [-0.39, 0.29) is 0 Å². The molecule has 0 fully saturated rings. The van der Waals surface area contributed by atoms with Crippen molar-refractivity contribution in [1.29, 1.82) is 0 Å². The third kappa shape index (κ3) is 3.46. The van der Waals surface area contributed by atoms with Gasteiger partial charge in [-0.1, -0.05) is 34.4 Å². The molecule has 0 saturated carbocycles. The summed E-state index contributed by atoms with van der Waals surface area (Å²) in [4.78, 5) is 4.36. The lowest BCUT2D eigenvalue weighted by Crippen LogP contribution is -2.09. The van der Waals surface area contributed by atoms with Crippen LogP contribution in [0.1, 0.15) is 36.8 Å². The number of benzene rings is 1. The van der Waals surface area contributed by atoms with Crippen molar-refractivity contribution in [1.82, 2.24) is 10.1 Å². The first-order chi connectivity index (χ1) is 9.51. The van der Waals surface area contributed by atoms with Crippen molar-refractivity contribution in [3.05, 3.63) is 33.6 Å². The maximum atomic E-state index is 9.77. The summed E-state index contributed by atoms with van der Waals surface area (Å²) in [7, 11) is 0. The van der Waals surface area contributed by atoms with Gasteiger partial charge in [-0.3, -0.25) is 0 Å². The Labute approximate surface area is 127 Å². The molecule has 0 amide bonds. The fourth-order valence-corrected chi connectivity index (χ4v) is 2.40. The van der Waals surface area contributed by atoms with E-state index in [2.05, 4.69) is 26.1 Å². The SMILES string of the molecule is CCCC(O)Cc1nc(-c2cc(C)c(Br)c(C)c2)no1. The smallest absolute Gasteiger partial charge is 0.229 e. The molecule has 1 atom stereocenters. The Bertz CT molecular complexity index is 572. The molecule has 1 heterocycles. The third-order valence-corrected chi connectivity index (χ3v) is 4.45. The van der Waals surface area contributed by atoms with Gasteiger partial charge in [-0.2, -0.15) is 4.98 Å². The van der Waals surface area contributed by atoms with Crippen molar-refractivity contribution >= 4 is 15.9 Å². The molecule has 2 aromatic rings. The van der Waals surface area contributed by atoms with Gasteiger partial charge in [-0.05, 0) is 43.5 Å². The fourth-order valence-electron chi connectivity index (χ4n) is 2.17. The summed E-state index contributed by atoms with van der Waals surface area (Å²) in [5, 5.41) is 13.8. The van der Waals surface area contributed by atoms with Crippen molar-refractivity contribution in [3.8, 4) is 11.4 Å². The van der Waals surface area contributed by atoms with Gasteiger partial charge in [0.25, 0.3) is 0 Å². The van der Waals surface area contributed by atoms with Crippen LogP contribution < -0.4 is 0 Å². The first kappa shape index (κ1) is 15.2. The van der Waals surface area contributed by atoms with Gasteiger partial charge in [-0.25, -0.2) is 0 Å². The number of rotatable bonds is 5. The standard InChI is InChI=1S/C15H19BrN2O2/c1-4-5-12(19)8-13-17-15(18-20-13)11-6-9(2)14(16)10(3)7-11/h6-7,12,19H,4-5,8H2,1-3H3. The summed E-state index contributed by atoms with van der Waals surface area (Å²) >= 11 is 3.54. The fraction of sp³-hybridized carbons (Fsp3) is 0.467. The Hall–Kier alpha value is -1.20. The minimum absolute atomic E-state index is 0.412. The zero-order chi connectivity index (χ0) is 14.7. The quantitative estimate of drug-likeness (QED) is 0.900. The molecule has 1 N–H and O–H groups in total. The molecule has 20 heavy (non-hydrogen) atoms. The number of aliphatic hydroxyl groups excluding tert-OH is 1. The number of aryl methyl sites for hydroxylation is 2. The van der Waals surface area contributed by atoms with E-state index < -0.39 is 6.10 Å². The van der Waals surface area contributed by atoms with Gasteiger partial charge in [0.15, 0.2) is 0 Å². The second-order valence-corrected chi connectivity index (χ2v) is 5.88. The van der Waals surface area contributed by atoms with Gasteiger partial charge in [-0.15, -0.1) is 0 Å². The predicted molar refractivity (Wildman–Crippen MR) is 81.5 cm³/mol. The first-order valence-electron chi connectivity index (χ1n) is 6.79. The number of aliphatic hydroxyl groups is 1. The highest BCUT2D eigenvalue weighted by atomic mass is 79.9. The molecule has 0 aliphatic rings. The number of halogens is 1. The van der Waals surface area contributed by atoms with E-state index in [0.29, 0.717) is 18.1 Å². The monoisotopic (exact) mass is 338 g/mol. The highest BCUT2D eigenvalue weighted by Crippen LogP contribution is 2.27. The maximum Gasteiger partial charge on any atom is 0.229 e. The Balaban J connectivity index is 2.20. The van der Waals surface area contributed by atoms with E-state index >= 15 is 0 Å². The molecule has 0 bridgehead atoms. The highest BCUT2D eigenvalue weighted by molar-refractivity contribution is 9.10. The van der Waals surface area contributed by atoms with Gasteiger partial charge in [0.2, 0.25) is 11.7 Å². The topological polar surface area (TPSA) is 59.2 Å². The van der Waals surface area contributed by atoms with Gasteiger partial charge in [0.05, 0.1) is 12.5 Å². The van der Waals surface area contributed by atoms with Gasteiger partial charge in [0.1, 0.15) is 0 Å². The lowest BCUT2D eigenvalue weighted by molar-refractivity contribution is 0.152. The molecular formula is C15H19BrN2O2. The van der Waals surface area contributed by atoms with Crippen LogP contribution in [0.5, 0.6) is 0 Å². The third-order valence-electron chi connectivity index (χ3n) is 3.19. The molecule has 2 rings (SSSR count). The molecule has 0 radical (unpaired) electrons. The number of aromatic nitrogens is 2. The number of nitrogens with zero attached hydrogens (tertiary/aromatic N) is 2. The van der Waals surface area contributed by atoms with Crippen LogP contribution in [0.15, 0.2) is 21.1 Å². The van der Waals surface area contributed by atoms with Crippen LogP contribution in [0, 0.1) is 13.8 Å². The van der Waals surface area contributed by atoms with E-state index in [1.165, 1.54) is 0 Å². The normalized spacial score (nSPS) is 12.7. The Morgan fingerprint density at radius 3 is 2.55 bits per heavy atom. The highest BCUT2D eigenvalue weighted by Gasteiger charge is 2.14. The lowest BCUT2D eigenvalue weighted by atomic mass is 10.1. The number of hydrogen-bond acceptors (Lipinski definition) is 4. The van der Waals surface area contributed by atoms with Crippen LogP contribution in [-0.2, 0) is 6.42 Å². The minimum Gasteiger partial charge on any atom is -0.393 e. The van der Waals surface area contributed by atoms with E-state index in [1.54, 1.807) is 0 Å². The minimum atomic E-state index is -0.415. The zero-order valence-electron chi connectivity index (χ0n) is 12.0. The largest absolute Gasteiger partial charge is 0.393 e. The second-order valence-electron chi connectivity index (χ2n) is 5.08. The average Bonchev–Trinajstić information content (AvgIpc) is 2.84. The molecule has 1 unspecified atom stereocenters. The summed E-state index contributed by atoms with van der Waals surface area (Å²) in [6, 6.07) is 4.04. The van der Waals surface area contributed by atoms with Crippen LogP contribution in [0.4, 0.5) is 0 Å². The maximum absolute atomic E-state index is 9.77. The van der Waals surface area contributed by atoms with Gasteiger partial charge < -0.3 is 9.63 Å². The van der Waals surface area contributed by atoms with Gasteiger partial charge in [0, 0.05) is 10.0 Å². The molecule has 0 saturated heterocycles. The summed E-state index contributed by atoms with van der Waals surface area (Å²) in [6.45, 7) is 6.11. The molecule has 0 aliphatic heterocycles. The molecule has 1 aromatic heterocycles. The van der Waals surface area contributed by atoms with Crippen molar-refractivity contribution in [2.24, 2.45) is 0 Å². The van der Waals surface area contributed by atoms with E-state index in [1.807, 2.05) is 32.9 Å². The molecule has 0 spiro atoms. The lowest BCUT2D eigenvalue weighted by Gasteiger charge is -2.05. The van der Waals surface area contributed by atoms with Gasteiger partial charge >= 0.3 is 0 Å². The van der Waals surface area contributed by atoms with Crippen LogP contribution >= 0.6 is 15.9 Å². The Kier molecular flexibility index (Phi) is 4.94. The first-order valence-corrected chi connectivity index (χ1v) is 7.58. The van der Waals surface area contributed by atoms with E-state index in [0.717, 1.165) is 34.0 Å². The molecule has 5 heteroatoms. The Morgan fingerprint density at radius 1 is 1.30 bits per heavy atom. The Morgan fingerprint density at radius 2 is 1.95 bits per heavy atom. The van der Waals surface area contributed by atoms with Crippen molar-refractivity contribution < 1.29 is 9.63 Å². The second kappa shape index (κ2) is 6.50. The zero-order valence-corrected chi connectivity index (χ0v) is 13.6. The van der Waals surface area contributed by atoms with E-state index in [4.69, 9.17) is 4.52 Å². The van der Waals surface area contributed by atoms with Crippen LogP contribution in [-0.4, -0.2) is 21.4 Å².